The van der Waals surface area contributed by atoms with E-state index in [2.05, 4.69) is 30.0 Å². The van der Waals surface area contributed by atoms with Gasteiger partial charge in [0.1, 0.15) is 5.52 Å². The van der Waals surface area contributed by atoms with Gasteiger partial charge in [-0.05, 0) is 6.42 Å². The summed E-state index contributed by atoms with van der Waals surface area (Å²) in [6, 6.07) is 0. The highest BCUT2D eigenvalue weighted by Gasteiger charge is 2.17. The molecule has 0 aromatic carbocycles. The van der Waals surface area contributed by atoms with Gasteiger partial charge < -0.3 is 9.47 Å². The predicted octanol–water partition coefficient (Wildman–Crippen LogP) is 0.896. The van der Waals surface area contributed by atoms with Crippen molar-refractivity contribution >= 4 is 17.0 Å². The number of hydrogen-bond donors (Lipinski definition) is 1. The molecule has 3 aromatic heterocycles. The number of fused-ring (bicyclic) bond motifs is 1. The summed E-state index contributed by atoms with van der Waals surface area (Å²) in [4.78, 5) is 20.2. The van der Waals surface area contributed by atoms with Crippen LogP contribution >= 0.6 is 0 Å². The molecular formula is C13H14N6O3. The van der Waals surface area contributed by atoms with Gasteiger partial charge in [0.25, 0.3) is 5.95 Å². The van der Waals surface area contributed by atoms with Gasteiger partial charge in [0, 0.05) is 6.20 Å². The second kappa shape index (κ2) is 5.43. The highest BCUT2D eigenvalue weighted by Crippen LogP contribution is 2.23. The van der Waals surface area contributed by atoms with Crippen LogP contribution in [0.25, 0.3) is 17.0 Å². The first-order chi connectivity index (χ1) is 10.7. The van der Waals surface area contributed by atoms with Gasteiger partial charge >= 0.3 is 5.97 Å². The summed E-state index contributed by atoms with van der Waals surface area (Å²) >= 11 is 0. The first kappa shape index (κ1) is 14.0. The van der Waals surface area contributed by atoms with Crippen LogP contribution in [0.4, 0.5) is 0 Å². The van der Waals surface area contributed by atoms with E-state index in [0.29, 0.717) is 22.5 Å². The molecule has 0 bridgehead atoms. The van der Waals surface area contributed by atoms with E-state index in [1.807, 2.05) is 6.92 Å². The van der Waals surface area contributed by atoms with Crippen LogP contribution in [0.1, 0.15) is 23.0 Å². The second-order valence-corrected chi connectivity index (χ2v) is 4.45. The standard InChI is InChI=1S/C13H14N6O3/c1-4-8-9-10(18-17-8)11(21-2)16-13(15-9)19-6-7(5-14-19)12(20)22-3/h5-6H,4H2,1-3H3,(H,17,18). The number of carbonyl (C=O) groups is 1. The Morgan fingerprint density at radius 1 is 1.32 bits per heavy atom. The van der Waals surface area contributed by atoms with Gasteiger partial charge in [0.2, 0.25) is 5.88 Å². The van der Waals surface area contributed by atoms with Crippen molar-refractivity contribution in [1.29, 1.82) is 0 Å². The molecule has 3 aromatic rings. The SMILES string of the molecule is CCc1[nH]nc2c(OC)nc(-n3cc(C(=O)OC)cn3)nc12. The Balaban J connectivity index is 2.14. The lowest BCUT2D eigenvalue weighted by molar-refractivity contribution is 0.0600. The minimum atomic E-state index is -0.475. The van der Waals surface area contributed by atoms with Crippen LogP contribution in [0, 0.1) is 0 Å². The van der Waals surface area contributed by atoms with E-state index in [0.717, 1.165) is 12.1 Å². The number of rotatable bonds is 4. The van der Waals surface area contributed by atoms with Gasteiger partial charge in [0.05, 0.1) is 31.7 Å². The number of carbonyl (C=O) groups excluding carboxylic acids is 1. The summed E-state index contributed by atoms with van der Waals surface area (Å²) < 4.78 is 11.3. The highest BCUT2D eigenvalue weighted by molar-refractivity contribution is 5.88. The van der Waals surface area contributed by atoms with Crippen LogP contribution in [0.5, 0.6) is 5.88 Å². The Bertz CT molecular complexity index is 838. The van der Waals surface area contributed by atoms with E-state index in [-0.39, 0.29) is 5.95 Å². The number of nitrogens with zero attached hydrogens (tertiary/aromatic N) is 5. The van der Waals surface area contributed by atoms with Crippen molar-refractivity contribution < 1.29 is 14.3 Å². The van der Waals surface area contributed by atoms with E-state index in [1.54, 1.807) is 0 Å². The van der Waals surface area contributed by atoms with Crippen molar-refractivity contribution in [3.63, 3.8) is 0 Å². The summed E-state index contributed by atoms with van der Waals surface area (Å²) in [6.45, 7) is 1.99. The molecule has 9 nitrogen and oxygen atoms in total. The Hall–Kier alpha value is -2.97. The van der Waals surface area contributed by atoms with Crippen LogP contribution in [0.2, 0.25) is 0 Å². The molecule has 0 aliphatic carbocycles. The van der Waals surface area contributed by atoms with Crippen LogP contribution in [-0.2, 0) is 11.2 Å². The van der Waals surface area contributed by atoms with Gasteiger partial charge in [-0.25, -0.2) is 14.5 Å². The molecule has 0 saturated heterocycles. The normalized spacial score (nSPS) is 10.9. The smallest absolute Gasteiger partial charge is 0.341 e. The molecule has 0 radical (unpaired) electrons. The Labute approximate surface area is 125 Å². The van der Waals surface area contributed by atoms with Crippen molar-refractivity contribution in [2.24, 2.45) is 0 Å². The van der Waals surface area contributed by atoms with Crippen LogP contribution in [-0.4, -0.2) is 50.1 Å². The molecule has 3 heterocycles. The average molecular weight is 302 g/mol. The average Bonchev–Trinajstić information content (AvgIpc) is 3.19. The molecule has 0 unspecified atom stereocenters. The molecular weight excluding hydrogens is 288 g/mol. The molecule has 0 aliphatic rings. The maximum absolute atomic E-state index is 11.5. The zero-order valence-corrected chi connectivity index (χ0v) is 12.3. The van der Waals surface area contributed by atoms with Crippen molar-refractivity contribution in [1.82, 2.24) is 29.9 Å². The largest absolute Gasteiger partial charge is 0.479 e. The molecule has 0 spiro atoms. The van der Waals surface area contributed by atoms with Crippen molar-refractivity contribution in [2.45, 2.75) is 13.3 Å². The van der Waals surface area contributed by atoms with Gasteiger partial charge in [-0.15, -0.1) is 0 Å². The van der Waals surface area contributed by atoms with E-state index >= 15 is 0 Å². The fourth-order valence-electron chi connectivity index (χ4n) is 2.06. The minimum absolute atomic E-state index is 0.288. The number of aromatic nitrogens is 6. The molecule has 1 N–H and O–H groups in total. The number of aromatic amines is 1. The molecule has 0 saturated carbocycles. The van der Waals surface area contributed by atoms with Gasteiger partial charge in [-0.2, -0.15) is 15.2 Å². The fourth-order valence-corrected chi connectivity index (χ4v) is 2.06. The molecule has 114 valence electrons. The number of hydrogen-bond acceptors (Lipinski definition) is 7. The maximum Gasteiger partial charge on any atom is 0.341 e. The predicted molar refractivity (Wildman–Crippen MR) is 76.1 cm³/mol. The third-order valence-corrected chi connectivity index (χ3v) is 3.18. The molecule has 0 aliphatic heterocycles. The Kier molecular flexibility index (Phi) is 3.45. The second-order valence-electron chi connectivity index (χ2n) is 4.45. The zero-order valence-electron chi connectivity index (χ0n) is 12.3. The lowest BCUT2D eigenvalue weighted by Crippen LogP contribution is -2.04. The lowest BCUT2D eigenvalue weighted by Gasteiger charge is -2.04. The van der Waals surface area contributed by atoms with Gasteiger partial charge in [-0.1, -0.05) is 6.92 Å². The summed E-state index contributed by atoms with van der Waals surface area (Å²) in [6.07, 6.45) is 3.63. The van der Waals surface area contributed by atoms with Crippen LogP contribution in [0.15, 0.2) is 12.4 Å². The van der Waals surface area contributed by atoms with Crippen molar-refractivity contribution in [2.75, 3.05) is 14.2 Å². The third-order valence-electron chi connectivity index (χ3n) is 3.18. The topological polar surface area (TPSA) is 108 Å². The Morgan fingerprint density at radius 3 is 2.82 bits per heavy atom. The molecule has 9 heteroatoms. The number of H-pyrrole nitrogens is 1. The monoisotopic (exact) mass is 302 g/mol. The number of ether oxygens (including phenoxy) is 2. The molecule has 0 amide bonds. The molecule has 22 heavy (non-hydrogen) atoms. The van der Waals surface area contributed by atoms with Crippen LogP contribution in [0.3, 0.4) is 0 Å². The van der Waals surface area contributed by atoms with Gasteiger partial charge in [-0.3, -0.25) is 5.10 Å². The molecule has 0 atom stereocenters. The highest BCUT2D eigenvalue weighted by atomic mass is 16.5. The van der Waals surface area contributed by atoms with E-state index in [1.165, 1.54) is 31.3 Å². The number of aryl methyl sites for hydroxylation is 1. The van der Waals surface area contributed by atoms with E-state index < -0.39 is 5.97 Å². The minimum Gasteiger partial charge on any atom is -0.479 e. The van der Waals surface area contributed by atoms with Crippen molar-refractivity contribution in [3.8, 4) is 11.8 Å². The number of methoxy groups -OCH3 is 2. The maximum atomic E-state index is 11.5. The quantitative estimate of drug-likeness (QED) is 0.713. The summed E-state index contributed by atoms with van der Waals surface area (Å²) in [5.41, 5.74) is 2.41. The zero-order chi connectivity index (χ0) is 15.7. The lowest BCUT2D eigenvalue weighted by atomic mass is 10.3. The summed E-state index contributed by atoms with van der Waals surface area (Å²) in [5, 5.41) is 11.2. The van der Waals surface area contributed by atoms with Gasteiger partial charge in [0.15, 0.2) is 5.52 Å². The first-order valence-corrected chi connectivity index (χ1v) is 6.60. The van der Waals surface area contributed by atoms with Crippen LogP contribution < -0.4 is 4.74 Å². The third kappa shape index (κ3) is 2.16. The molecule has 3 rings (SSSR count). The van der Waals surface area contributed by atoms with E-state index in [9.17, 15) is 4.79 Å². The first-order valence-electron chi connectivity index (χ1n) is 6.60. The fraction of sp³-hybridized carbons (Fsp3) is 0.308. The number of nitrogens with one attached hydrogen (secondary N) is 1. The summed E-state index contributed by atoms with van der Waals surface area (Å²) in [7, 11) is 2.82. The number of esters is 1. The molecule has 0 fully saturated rings. The Morgan fingerprint density at radius 2 is 2.14 bits per heavy atom. The summed E-state index contributed by atoms with van der Waals surface area (Å²) in [5.74, 6) is 0.151. The van der Waals surface area contributed by atoms with Crippen molar-refractivity contribution in [3.05, 3.63) is 23.7 Å². The van der Waals surface area contributed by atoms with E-state index in [4.69, 9.17) is 4.74 Å².